The maximum Gasteiger partial charge on any atom is 0.0845 e. The fourth-order valence-corrected chi connectivity index (χ4v) is 1.42. The summed E-state index contributed by atoms with van der Waals surface area (Å²) in [6.45, 7) is 2.60. The molecule has 14 heavy (non-hydrogen) atoms. The molecule has 1 N–H and O–H groups in total. The number of halogens is 1. The number of aliphatic hydroxyl groups excluding tert-OH is 1. The Bertz CT molecular complexity index is 258. The Morgan fingerprint density at radius 2 is 2.00 bits per heavy atom. The number of rotatable bonds is 5. The maximum atomic E-state index is 9.02. The molecule has 0 aromatic heterocycles. The van der Waals surface area contributed by atoms with Gasteiger partial charge in [-0.3, -0.25) is 0 Å². The molecule has 0 fully saturated rings. The van der Waals surface area contributed by atoms with Crippen molar-refractivity contribution >= 4 is 11.6 Å². The molecular formula is C11H15ClO2. The fourth-order valence-electron chi connectivity index (χ4n) is 1.30. The lowest BCUT2D eigenvalue weighted by atomic mass is 10.1. The van der Waals surface area contributed by atoms with E-state index in [4.69, 9.17) is 21.4 Å². The number of aliphatic hydroxyl groups is 1. The van der Waals surface area contributed by atoms with Crippen molar-refractivity contribution in [1.29, 1.82) is 0 Å². The lowest BCUT2D eigenvalue weighted by Gasteiger charge is -2.13. The highest BCUT2D eigenvalue weighted by molar-refractivity contribution is 6.30. The van der Waals surface area contributed by atoms with Crippen molar-refractivity contribution in [2.45, 2.75) is 19.4 Å². The first kappa shape index (κ1) is 11.5. The predicted octanol–water partition coefficient (Wildman–Crippen LogP) is 2.28. The summed E-state index contributed by atoms with van der Waals surface area (Å²) in [4.78, 5) is 0. The van der Waals surface area contributed by atoms with Crippen LogP contribution in [0.1, 0.15) is 12.5 Å². The summed E-state index contributed by atoms with van der Waals surface area (Å²) in [5.74, 6) is 0. The third-order valence-electron chi connectivity index (χ3n) is 1.98. The molecule has 1 aromatic carbocycles. The van der Waals surface area contributed by atoms with Crippen LogP contribution in [0.2, 0.25) is 5.02 Å². The third kappa shape index (κ3) is 3.66. The summed E-state index contributed by atoms with van der Waals surface area (Å²) < 4.78 is 5.34. The standard InChI is InChI=1S/C11H15ClO2/c1-2-14-11(8-13)7-9-3-5-10(12)6-4-9/h3-6,11,13H,2,7-8H2,1H3. The van der Waals surface area contributed by atoms with Gasteiger partial charge in [-0.2, -0.15) is 0 Å². The first-order valence-corrected chi connectivity index (χ1v) is 5.11. The minimum atomic E-state index is -0.110. The van der Waals surface area contributed by atoms with Gasteiger partial charge in [0, 0.05) is 18.1 Å². The highest BCUT2D eigenvalue weighted by Gasteiger charge is 2.07. The average Bonchev–Trinajstić information content (AvgIpc) is 2.20. The Labute approximate surface area is 89.5 Å². The highest BCUT2D eigenvalue weighted by Crippen LogP contribution is 2.11. The van der Waals surface area contributed by atoms with Gasteiger partial charge < -0.3 is 9.84 Å². The first-order valence-electron chi connectivity index (χ1n) is 4.73. The van der Waals surface area contributed by atoms with Crippen molar-refractivity contribution in [3.05, 3.63) is 34.9 Å². The molecule has 0 radical (unpaired) electrons. The lowest BCUT2D eigenvalue weighted by molar-refractivity contribution is 0.0207. The van der Waals surface area contributed by atoms with E-state index in [1.807, 2.05) is 31.2 Å². The zero-order chi connectivity index (χ0) is 10.4. The van der Waals surface area contributed by atoms with Crippen molar-refractivity contribution in [3.8, 4) is 0 Å². The van der Waals surface area contributed by atoms with Crippen LogP contribution in [0, 0.1) is 0 Å². The molecule has 2 nitrogen and oxygen atoms in total. The summed E-state index contributed by atoms with van der Waals surface area (Å²) in [5.41, 5.74) is 1.13. The third-order valence-corrected chi connectivity index (χ3v) is 2.23. The number of ether oxygens (including phenoxy) is 1. The molecule has 0 aliphatic rings. The van der Waals surface area contributed by atoms with Gasteiger partial charge in [0.2, 0.25) is 0 Å². The summed E-state index contributed by atoms with van der Waals surface area (Å²) in [6.07, 6.45) is 0.614. The van der Waals surface area contributed by atoms with Crippen molar-refractivity contribution in [1.82, 2.24) is 0 Å². The summed E-state index contributed by atoms with van der Waals surface area (Å²) in [6, 6.07) is 7.59. The minimum Gasteiger partial charge on any atom is -0.394 e. The van der Waals surface area contributed by atoms with E-state index in [1.165, 1.54) is 0 Å². The van der Waals surface area contributed by atoms with E-state index in [1.54, 1.807) is 0 Å². The Morgan fingerprint density at radius 1 is 1.36 bits per heavy atom. The topological polar surface area (TPSA) is 29.5 Å². The molecule has 0 aliphatic carbocycles. The quantitative estimate of drug-likeness (QED) is 0.815. The number of hydrogen-bond donors (Lipinski definition) is 1. The molecule has 1 atom stereocenters. The van der Waals surface area contributed by atoms with Crippen molar-refractivity contribution < 1.29 is 9.84 Å². The molecule has 0 heterocycles. The largest absolute Gasteiger partial charge is 0.394 e. The molecule has 1 aromatic rings. The second-order valence-corrected chi connectivity index (χ2v) is 3.53. The Morgan fingerprint density at radius 3 is 2.50 bits per heavy atom. The zero-order valence-corrected chi connectivity index (χ0v) is 9.00. The number of hydrogen-bond acceptors (Lipinski definition) is 2. The van der Waals surface area contributed by atoms with Crippen LogP contribution in [0.25, 0.3) is 0 Å². The van der Waals surface area contributed by atoms with Gasteiger partial charge in [0.25, 0.3) is 0 Å². The van der Waals surface area contributed by atoms with Gasteiger partial charge in [0.05, 0.1) is 12.7 Å². The molecule has 3 heteroatoms. The predicted molar refractivity (Wildman–Crippen MR) is 57.7 cm³/mol. The van der Waals surface area contributed by atoms with Gasteiger partial charge in [0.15, 0.2) is 0 Å². The van der Waals surface area contributed by atoms with E-state index < -0.39 is 0 Å². The maximum absolute atomic E-state index is 9.02. The minimum absolute atomic E-state index is 0.0521. The number of benzene rings is 1. The SMILES string of the molecule is CCOC(CO)Cc1ccc(Cl)cc1. The highest BCUT2D eigenvalue weighted by atomic mass is 35.5. The van der Waals surface area contributed by atoms with Gasteiger partial charge in [-0.05, 0) is 24.6 Å². The van der Waals surface area contributed by atoms with Crippen molar-refractivity contribution in [2.24, 2.45) is 0 Å². The van der Waals surface area contributed by atoms with Crippen LogP contribution in [0.3, 0.4) is 0 Å². The molecule has 0 bridgehead atoms. The van der Waals surface area contributed by atoms with Crippen LogP contribution in [0.15, 0.2) is 24.3 Å². The molecule has 0 aliphatic heterocycles. The average molecular weight is 215 g/mol. The van der Waals surface area contributed by atoms with Crippen LogP contribution in [0.5, 0.6) is 0 Å². The van der Waals surface area contributed by atoms with E-state index in [2.05, 4.69) is 0 Å². The van der Waals surface area contributed by atoms with Crippen molar-refractivity contribution in [2.75, 3.05) is 13.2 Å². The summed E-state index contributed by atoms with van der Waals surface area (Å²) in [5, 5.41) is 9.75. The van der Waals surface area contributed by atoms with Crippen molar-refractivity contribution in [3.63, 3.8) is 0 Å². The Hall–Kier alpha value is -0.570. The molecule has 0 spiro atoms. The molecule has 1 rings (SSSR count). The Kier molecular flexibility index (Phi) is 4.94. The molecule has 0 amide bonds. The lowest BCUT2D eigenvalue weighted by Crippen LogP contribution is -2.20. The molecule has 1 unspecified atom stereocenters. The van der Waals surface area contributed by atoms with Crippen LogP contribution in [-0.4, -0.2) is 24.4 Å². The van der Waals surface area contributed by atoms with Crippen LogP contribution in [0.4, 0.5) is 0 Å². The van der Waals surface area contributed by atoms with Gasteiger partial charge in [-0.15, -0.1) is 0 Å². The normalized spacial score (nSPS) is 12.8. The zero-order valence-electron chi connectivity index (χ0n) is 8.24. The van der Waals surface area contributed by atoms with Crippen LogP contribution in [-0.2, 0) is 11.2 Å². The smallest absolute Gasteiger partial charge is 0.0845 e. The molecule has 0 saturated carbocycles. The molecule has 78 valence electrons. The second-order valence-electron chi connectivity index (χ2n) is 3.09. The van der Waals surface area contributed by atoms with Gasteiger partial charge in [-0.1, -0.05) is 23.7 Å². The van der Waals surface area contributed by atoms with E-state index in [0.29, 0.717) is 6.61 Å². The van der Waals surface area contributed by atoms with Gasteiger partial charge in [0.1, 0.15) is 0 Å². The summed E-state index contributed by atoms with van der Waals surface area (Å²) in [7, 11) is 0. The van der Waals surface area contributed by atoms with Gasteiger partial charge >= 0.3 is 0 Å². The van der Waals surface area contributed by atoms with E-state index in [9.17, 15) is 0 Å². The van der Waals surface area contributed by atoms with E-state index >= 15 is 0 Å². The van der Waals surface area contributed by atoms with E-state index in [-0.39, 0.29) is 12.7 Å². The Balaban J connectivity index is 2.53. The first-order chi connectivity index (χ1) is 6.76. The molecule has 0 saturated heterocycles. The second kappa shape index (κ2) is 6.02. The van der Waals surface area contributed by atoms with Crippen LogP contribution >= 0.6 is 11.6 Å². The van der Waals surface area contributed by atoms with Gasteiger partial charge in [-0.25, -0.2) is 0 Å². The molecular weight excluding hydrogens is 200 g/mol. The van der Waals surface area contributed by atoms with E-state index in [0.717, 1.165) is 17.0 Å². The monoisotopic (exact) mass is 214 g/mol. The fraction of sp³-hybridized carbons (Fsp3) is 0.455. The summed E-state index contributed by atoms with van der Waals surface area (Å²) >= 11 is 5.76. The van der Waals surface area contributed by atoms with Crippen LogP contribution < -0.4 is 0 Å².